The second kappa shape index (κ2) is 5.63. The van der Waals surface area contributed by atoms with E-state index in [2.05, 4.69) is 0 Å². The van der Waals surface area contributed by atoms with E-state index in [1.54, 1.807) is 20.8 Å². The first-order chi connectivity index (χ1) is 8.95. The van der Waals surface area contributed by atoms with Gasteiger partial charge in [-0.05, 0) is 34.1 Å². The molecule has 0 bridgehead atoms. The monoisotopic (exact) mass is 303 g/mol. The summed E-state index contributed by atoms with van der Waals surface area (Å²) in [6, 6.07) is 0. The van der Waals surface area contributed by atoms with Crippen LogP contribution in [-0.2, 0) is 14.3 Å². The number of likely N-dealkylation sites (tertiary alicyclic amines) is 1. The molecular formula is C13H21NO5S. The maximum absolute atomic E-state index is 12.2. The van der Waals surface area contributed by atoms with Crippen molar-refractivity contribution in [2.45, 2.75) is 57.4 Å². The van der Waals surface area contributed by atoms with E-state index in [0.717, 1.165) is 11.8 Å². The first-order valence-electron chi connectivity index (χ1n) is 6.37. The van der Waals surface area contributed by atoms with Gasteiger partial charge in [0, 0.05) is 18.7 Å². The van der Waals surface area contributed by atoms with Crippen molar-refractivity contribution in [3.05, 3.63) is 0 Å². The third-order valence-electron chi connectivity index (χ3n) is 3.01. The number of hydrogen-bond donors (Lipinski definition) is 1. The summed E-state index contributed by atoms with van der Waals surface area (Å²) in [5.74, 6) is -1.09. The van der Waals surface area contributed by atoms with Crippen molar-refractivity contribution in [3.8, 4) is 0 Å². The minimum Gasteiger partial charge on any atom is -0.480 e. The zero-order chi connectivity index (χ0) is 15.7. The molecule has 1 heterocycles. The highest BCUT2D eigenvalue weighted by atomic mass is 32.2. The molecular weight excluding hydrogens is 282 g/mol. The lowest BCUT2D eigenvalue weighted by atomic mass is 9.99. The molecule has 0 spiro atoms. The third-order valence-corrected chi connectivity index (χ3v) is 4.00. The Morgan fingerprint density at radius 2 is 1.90 bits per heavy atom. The number of carbonyl (C=O) groups is 3. The number of hydrogen-bond acceptors (Lipinski definition) is 5. The molecule has 1 aliphatic rings. The van der Waals surface area contributed by atoms with Gasteiger partial charge in [-0.3, -0.25) is 9.69 Å². The summed E-state index contributed by atoms with van der Waals surface area (Å²) in [6.07, 6.45) is -0.430. The molecule has 1 N–H and O–H groups in total. The van der Waals surface area contributed by atoms with Crippen LogP contribution in [-0.4, -0.2) is 50.1 Å². The molecule has 0 aromatic heterocycles. The number of thioether (sulfide) groups is 1. The minimum atomic E-state index is -1.34. The van der Waals surface area contributed by atoms with Crippen LogP contribution in [0, 0.1) is 0 Å². The van der Waals surface area contributed by atoms with Crippen molar-refractivity contribution in [2.24, 2.45) is 0 Å². The fraction of sp³-hybridized carbons (Fsp3) is 0.769. The van der Waals surface area contributed by atoms with Crippen LogP contribution in [0.25, 0.3) is 0 Å². The fourth-order valence-corrected chi connectivity index (χ4v) is 3.23. The number of amides is 1. The maximum Gasteiger partial charge on any atom is 0.411 e. The Bertz CT molecular complexity index is 431. The molecule has 2 atom stereocenters. The number of nitrogens with zero attached hydrogens (tertiary/aromatic N) is 1. The highest BCUT2D eigenvalue weighted by molar-refractivity contribution is 8.14. The Morgan fingerprint density at radius 3 is 2.30 bits per heavy atom. The quantitative estimate of drug-likeness (QED) is 0.841. The predicted octanol–water partition coefficient (Wildman–Crippen LogP) is 2.12. The van der Waals surface area contributed by atoms with E-state index in [0.29, 0.717) is 0 Å². The predicted molar refractivity (Wildman–Crippen MR) is 75.7 cm³/mol. The molecule has 1 rings (SSSR count). The number of rotatable bonds is 2. The SMILES string of the molecule is CC(=O)S[C@@H]1CN(C(=O)OC(C)(C)C)[C@](C)(C(=O)O)C1. The molecule has 6 nitrogen and oxygen atoms in total. The number of ether oxygens (including phenoxy) is 1. The summed E-state index contributed by atoms with van der Waals surface area (Å²) in [7, 11) is 0. The van der Waals surface area contributed by atoms with Gasteiger partial charge in [0.15, 0.2) is 5.12 Å². The highest BCUT2D eigenvalue weighted by Crippen LogP contribution is 2.36. The Kier molecular flexibility index (Phi) is 4.74. The number of aliphatic carboxylic acids is 1. The maximum atomic E-state index is 12.2. The van der Waals surface area contributed by atoms with Gasteiger partial charge in [0.25, 0.3) is 0 Å². The van der Waals surface area contributed by atoms with Gasteiger partial charge in [0.05, 0.1) is 0 Å². The van der Waals surface area contributed by atoms with Crippen molar-refractivity contribution < 1.29 is 24.2 Å². The molecule has 0 aromatic carbocycles. The van der Waals surface area contributed by atoms with E-state index in [9.17, 15) is 19.5 Å². The second-order valence-electron chi connectivity index (χ2n) is 6.11. The normalized spacial score (nSPS) is 26.4. The second-order valence-corrected chi connectivity index (χ2v) is 7.58. The van der Waals surface area contributed by atoms with Crippen molar-refractivity contribution in [1.82, 2.24) is 4.90 Å². The Balaban J connectivity index is 2.93. The molecule has 0 radical (unpaired) electrons. The molecule has 7 heteroatoms. The summed E-state index contributed by atoms with van der Waals surface area (Å²) in [5.41, 5.74) is -2.03. The average Bonchev–Trinajstić information content (AvgIpc) is 2.53. The molecule has 1 aliphatic heterocycles. The van der Waals surface area contributed by atoms with E-state index < -0.39 is 23.2 Å². The number of carboxylic acid groups (broad SMARTS) is 1. The summed E-state index contributed by atoms with van der Waals surface area (Å²) < 4.78 is 5.25. The first-order valence-corrected chi connectivity index (χ1v) is 7.25. The van der Waals surface area contributed by atoms with E-state index in [4.69, 9.17) is 4.74 Å². The lowest BCUT2D eigenvalue weighted by Crippen LogP contribution is -2.52. The number of carboxylic acids is 1. The lowest BCUT2D eigenvalue weighted by molar-refractivity contribution is -0.148. The Morgan fingerprint density at radius 1 is 1.35 bits per heavy atom. The van der Waals surface area contributed by atoms with Gasteiger partial charge >= 0.3 is 12.1 Å². The molecule has 1 saturated heterocycles. The van der Waals surface area contributed by atoms with Gasteiger partial charge in [-0.1, -0.05) is 11.8 Å². The van der Waals surface area contributed by atoms with Crippen LogP contribution in [0.3, 0.4) is 0 Å². The molecule has 20 heavy (non-hydrogen) atoms. The molecule has 1 fully saturated rings. The van der Waals surface area contributed by atoms with E-state index in [1.165, 1.54) is 18.7 Å². The van der Waals surface area contributed by atoms with Crippen LogP contribution in [0.1, 0.15) is 41.0 Å². The smallest absolute Gasteiger partial charge is 0.411 e. The van der Waals surface area contributed by atoms with Gasteiger partial charge in [-0.2, -0.15) is 0 Å². The zero-order valence-corrected chi connectivity index (χ0v) is 13.2. The molecule has 0 saturated carbocycles. The van der Waals surface area contributed by atoms with Crippen LogP contribution in [0.4, 0.5) is 4.79 Å². The van der Waals surface area contributed by atoms with Gasteiger partial charge < -0.3 is 9.84 Å². The van der Waals surface area contributed by atoms with E-state index >= 15 is 0 Å². The Labute approximate surface area is 122 Å². The third kappa shape index (κ3) is 3.88. The van der Waals surface area contributed by atoms with Crippen LogP contribution >= 0.6 is 11.8 Å². The zero-order valence-electron chi connectivity index (χ0n) is 12.4. The van der Waals surface area contributed by atoms with Crippen LogP contribution in [0.5, 0.6) is 0 Å². The van der Waals surface area contributed by atoms with Crippen LogP contribution < -0.4 is 0 Å². The molecule has 114 valence electrons. The van der Waals surface area contributed by atoms with Gasteiger partial charge in [0.2, 0.25) is 0 Å². The molecule has 0 unspecified atom stereocenters. The first kappa shape index (κ1) is 16.8. The largest absolute Gasteiger partial charge is 0.480 e. The van der Waals surface area contributed by atoms with Crippen molar-refractivity contribution >= 4 is 28.9 Å². The summed E-state index contributed by atoms with van der Waals surface area (Å²) in [6.45, 7) is 8.28. The van der Waals surface area contributed by atoms with E-state index in [1.807, 2.05) is 0 Å². The Hall–Kier alpha value is -1.24. The van der Waals surface area contributed by atoms with Crippen molar-refractivity contribution in [2.75, 3.05) is 6.54 Å². The topological polar surface area (TPSA) is 83.9 Å². The molecule has 0 aliphatic carbocycles. The van der Waals surface area contributed by atoms with Crippen LogP contribution in [0.15, 0.2) is 0 Å². The number of carbonyl (C=O) groups excluding carboxylic acids is 2. The summed E-state index contributed by atoms with van der Waals surface area (Å²) >= 11 is 1.07. The minimum absolute atomic E-state index is 0.0891. The van der Waals surface area contributed by atoms with Gasteiger partial charge in [-0.15, -0.1) is 0 Å². The molecule has 0 aromatic rings. The van der Waals surface area contributed by atoms with Crippen LogP contribution in [0.2, 0.25) is 0 Å². The van der Waals surface area contributed by atoms with Gasteiger partial charge in [-0.25, -0.2) is 9.59 Å². The van der Waals surface area contributed by atoms with E-state index in [-0.39, 0.29) is 23.3 Å². The average molecular weight is 303 g/mol. The summed E-state index contributed by atoms with van der Waals surface area (Å²) in [4.78, 5) is 36.0. The summed E-state index contributed by atoms with van der Waals surface area (Å²) in [5, 5.41) is 9.09. The van der Waals surface area contributed by atoms with Crippen molar-refractivity contribution in [1.29, 1.82) is 0 Å². The van der Waals surface area contributed by atoms with Crippen molar-refractivity contribution in [3.63, 3.8) is 0 Å². The highest BCUT2D eigenvalue weighted by Gasteiger charge is 2.51. The fourth-order valence-electron chi connectivity index (χ4n) is 2.13. The molecule has 1 amide bonds. The lowest BCUT2D eigenvalue weighted by Gasteiger charge is -2.32. The standard InChI is InChI=1S/C13H21NO5S/c1-8(15)20-9-6-13(5,10(16)17)14(7-9)11(18)19-12(2,3)4/h9H,6-7H2,1-5H3,(H,16,17)/t9-,13-/m0/s1. The van der Waals surface area contributed by atoms with Gasteiger partial charge in [0.1, 0.15) is 11.1 Å².